The standard InChI is InChI=1S/C25H21BrN4O3S2/c1-32-22-13-18(9-12-21(22)33-15-17-7-10-20(26)11-8-17)14-27-28-23(31)16-34-25-30-29-24(35-25)19-5-3-2-4-6-19/h2-14H,15-16H2,1H3,(H,28,31). The molecule has 0 aliphatic carbocycles. The summed E-state index contributed by atoms with van der Waals surface area (Å²) in [6.45, 7) is 0.423. The molecule has 7 nitrogen and oxygen atoms in total. The molecular formula is C25H21BrN4O3S2. The van der Waals surface area contributed by atoms with Crippen LogP contribution < -0.4 is 14.9 Å². The Balaban J connectivity index is 1.26. The molecule has 0 unspecified atom stereocenters. The largest absolute Gasteiger partial charge is 0.493 e. The molecule has 3 aromatic carbocycles. The van der Waals surface area contributed by atoms with Crippen molar-refractivity contribution in [1.29, 1.82) is 0 Å². The quantitative estimate of drug-likeness (QED) is 0.148. The van der Waals surface area contributed by atoms with Crippen LogP contribution in [0.5, 0.6) is 11.5 Å². The number of rotatable bonds is 10. The lowest BCUT2D eigenvalue weighted by molar-refractivity contribution is -0.118. The van der Waals surface area contributed by atoms with E-state index < -0.39 is 0 Å². The summed E-state index contributed by atoms with van der Waals surface area (Å²) in [4.78, 5) is 12.2. The van der Waals surface area contributed by atoms with Crippen molar-refractivity contribution >= 4 is 51.2 Å². The lowest BCUT2D eigenvalue weighted by atomic mass is 10.2. The number of ether oxygens (including phenoxy) is 2. The van der Waals surface area contributed by atoms with E-state index in [1.807, 2.05) is 66.7 Å². The molecule has 0 aliphatic rings. The maximum absolute atomic E-state index is 12.2. The topological polar surface area (TPSA) is 85.7 Å². The van der Waals surface area contributed by atoms with Crippen LogP contribution in [0, 0.1) is 0 Å². The van der Waals surface area contributed by atoms with Gasteiger partial charge in [0.05, 0.1) is 19.1 Å². The number of hydrogen-bond acceptors (Lipinski definition) is 8. The van der Waals surface area contributed by atoms with Crippen LogP contribution >= 0.6 is 39.0 Å². The predicted octanol–water partition coefficient (Wildman–Crippen LogP) is 5.80. The van der Waals surface area contributed by atoms with E-state index in [1.165, 1.54) is 23.1 Å². The van der Waals surface area contributed by atoms with Gasteiger partial charge < -0.3 is 9.47 Å². The molecule has 1 amide bonds. The van der Waals surface area contributed by atoms with Crippen molar-refractivity contribution in [3.05, 3.63) is 88.4 Å². The van der Waals surface area contributed by atoms with Gasteiger partial charge in [0.25, 0.3) is 5.91 Å². The van der Waals surface area contributed by atoms with Crippen molar-refractivity contribution in [3.8, 4) is 22.1 Å². The number of hydrazone groups is 1. The first-order valence-electron chi connectivity index (χ1n) is 10.5. The third kappa shape index (κ3) is 7.38. The van der Waals surface area contributed by atoms with Crippen LogP contribution in [0.2, 0.25) is 0 Å². The van der Waals surface area contributed by atoms with Gasteiger partial charge in [0.2, 0.25) is 0 Å². The summed E-state index contributed by atoms with van der Waals surface area (Å²) in [5, 5.41) is 13.2. The zero-order chi connectivity index (χ0) is 24.5. The lowest BCUT2D eigenvalue weighted by Crippen LogP contribution is -2.19. The number of methoxy groups -OCH3 is 1. The van der Waals surface area contributed by atoms with Crippen molar-refractivity contribution in [3.63, 3.8) is 0 Å². The summed E-state index contributed by atoms with van der Waals surface area (Å²) in [6, 6.07) is 23.2. The van der Waals surface area contributed by atoms with Crippen LogP contribution in [0.1, 0.15) is 11.1 Å². The number of thioether (sulfide) groups is 1. The monoisotopic (exact) mass is 568 g/mol. The van der Waals surface area contributed by atoms with Gasteiger partial charge in [-0.25, -0.2) is 5.43 Å². The van der Waals surface area contributed by atoms with Crippen LogP contribution in [-0.2, 0) is 11.4 Å². The van der Waals surface area contributed by atoms with Crippen LogP contribution in [0.25, 0.3) is 10.6 Å². The minimum Gasteiger partial charge on any atom is -0.493 e. The van der Waals surface area contributed by atoms with Crippen molar-refractivity contribution in [2.24, 2.45) is 5.10 Å². The number of nitrogens with zero attached hydrogens (tertiary/aromatic N) is 3. The molecule has 0 atom stereocenters. The van der Waals surface area contributed by atoms with E-state index in [-0.39, 0.29) is 11.7 Å². The number of halogens is 1. The number of amides is 1. The van der Waals surface area contributed by atoms with Crippen LogP contribution in [0.4, 0.5) is 0 Å². The molecule has 4 rings (SSSR count). The highest BCUT2D eigenvalue weighted by Crippen LogP contribution is 2.30. The number of benzene rings is 3. The van der Waals surface area contributed by atoms with Gasteiger partial charge in [0.15, 0.2) is 15.8 Å². The normalized spacial score (nSPS) is 10.9. The Hall–Kier alpha value is -3.21. The smallest absolute Gasteiger partial charge is 0.250 e. The number of carbonyl (C=O) groups is 1. The SMILES string of the molecule is COc1cc(C=NNC(=O)CSc2nnc(-c3ccccc3)s2)ccc1OCc1ccc(Br)cc1. The molecule has 4 aromatic rings. The second-order valence-corrected chi connectivity index (χ2v) is 10.3. The molecule has 0 fully saturated rings. The molecule has 10 heteroatoms. The maximum Gasteiger partial charge on any atom is 0.250 e. The van der Waals surface area contributed by atoms with E-state index in [2.05, 4.69) is 36.7 Å². The summed E-state index contributed by atoms with van der Waals surface area (Å²) >= 11 is 6.20. The van der Waals surface area contributed by atoms with Gasteiger partial charge in [-0.05, 0) is 41.5 Å². The third-order valence-corrected chi connectivity index (χ3v) is 7.29. The van der Waals surface area contributed by atoms with E-state index in [0.29, 0.717) is 18.1 Å². The highest BCUT2D eigenvalue weighted by molar-refractivity contribution is 9.10. The molecule has 0 spiro atoms. The molecule has 0 saturated heterocycles. The van der Waals surface area contributed by atoms with E-state index >= 15 is 0 Å². The number of hydrogen-bond donors (Lipinski definition) is 1. The van der Waals surface area contributed by atoms with Crippen LogP contribution in [0.15, 0.2) is 86.7 Å². The average Bonchev–Trinajstić information content (AvgIpc) is 3.37. The fraction of sp³-hybridized carbons (Fsp3) is 0.120. The molecule has 0 bridgehead atoms. The Morgan fingerprint density at radius 3 is 2.66 bits per heavy atom. The fourth-order valence-corrected chi connectivity index (χ4v) is 4.84. The molecule has 0 radical (unpaired) electrons. The molecular weight excluding hydrogens is 548 g/mol. The summed E-state index contributed by atoms with van der Waals surface area (Å²) in [7, 11) is 1.58. The zero-order valence-electron chi connectivity index (χ0n) is 18.7. The number of nitrogens with one attached hydrogen (secondary N) is 1. The summed E-state index contributed by atoms with van der Waals surface area (Å²) < 4.78 is 13.1. The summed E-state index contributed by atoms with van der Waals surface area (Å²) in [5.74, 6) is 1.16. The second kappa shape index (κ2) is 12.5. The Morgan fingerprint density at radius 2 is 1.89 bits per heavy atom. The Labute approximate surface area is 219 Å². The van der Waals surface area contributed by atoms with Gasteiger partial charge in [-0.1, -0.05) is 81.5 Å². The van der Waals surface area contributed by atoms with Gasteiger partial charge >= 0.3 is 0 Å². The molecule has 178 valence electrons. The van der Waals surface area contributed by atoms with E-state index in [1.54, 1.807) is 19.4 Å². The minimum atomic E-state index is -0.232. The van der Waals surface area contributed by atoms with Crippen LogP contribution in [0.3, 0.4) is 0 Å². The minimum absolute atomic E-state index is 0.187. The molecule has 1 aromatic heterocycles. The Morgan fingerprint density at radius 1 is 1.09 bits per heavy atom. The van der Waals surface area contributed by atoms with Gasteiger partial charge in [0.1, 0.15) is 11.6 Å². The Kier molecular flexibility index (Phi) is 8.88. The van der Waals surface area contributed by atoms with Crippen molar-refractivity contribution in [2.75, 3.05) is 12.9 Å². The van der Waals surface area contributed by atoms with Gasteiger partial charge in [0, 0.05) is 10.0 Å². The number of carbonyl (C=O) groups excluding carboxylic acids is 1. The van der Waals surface area contributed by atoms with Crippen molar-refractivity contribution in [2.45, 2.75) is 10.9 Å². The molecule has 1 N–H and O–H groups in total. The summed E-state index contributed by atoms with van der Waals surface area (Å²) in [6.07, 6.45) is 1.56. The first kappa shape index (κ1) is 24.9. The zero-order valence-corrected chi connectivity index (χ0v) is 21.9. The predicted molar refractivity (Wildman–Crippen MR) is 143 cm³/mol. The molecule has 0 aliphatic heterocycles. The highest BCUT2D eigenvalue weighted by Gasteiger charge is 2.09. The van der Waals surface area contributed by atoms with E-state index in [4.69, 9.17) is 9.47 Å². The van der Waals surface area contributed by atoms with Gasteiger partial charge in [-0.2, -0.15) is 5.10 Å². The van der Waals surface area contributed by atoms with E-state index in [9.17, 15) is 4.79 Å². The maximum atomic E-state index is 12.2. The van der Waals surface area contributed by atoms with Crippen LogP contribution in [-0.4, -0.2) is 35.2 Å². The first-order chi connectivity index (χ1) is 17.1. The Bertz CT molecular complexity index is 1300. The van der Waals surface area contributed by atoms with Crippen molar-refractivity contribution < 1.29 is 14.3 Å². The third-order valence-electron chi connectivity index (χ3n) is 4.65. The molecule has 35 heavy (non-hydrogen) atoms. The van der Waals surface area contributed by atoms with E-state index in [0.717, 1.165) is 30.5 Å². The number of aromatic nitrogens is 2. The molecule has 1 heterocycles. The average molecular weight is 570 g/mol. The summed E-state index contributed by atoms with van der Waals surface area (Å²) in [5.41, 5.74) is 5.35. The first-order valence-corrected chi connectivity index (χ1v) is 13.1. The van der Waals surface area contributed by atoms with Crippen molar-refractivity contribution in [1.82, 2.24) is 15.6 Å². The highest BCUT2D eigenvalue weighted by atomic mass is 79.9. The lowest BCUT2D eigenvalue weighted by Gasteiger charge is -2.11. The molecule has 0 saturated carbocycles. The second-order valence-electron chi connectivity index (χ2n) is 7.15. The fourth-order valence-electron chi connectivity index (χ4n) is 2.93. The van der Waals surface area contributed by atoms with Gasteiger partial charge in [-0.3, -0.25) is 4.79 Å². The van der Waals surface area contributed by atoms with Gasteiger partial charge in [-0.15, -0.1) is 10.2 Å².